The van der Waals surface area contributed by atoms with Crippen LogP contribution in [0.5, 0.6) is 0 Å². The summed E-state index contributed by atoms with van der Waals surface area (Å²) in [5, 5.41) is 6.14. The van der Waals surface area contributed by atoms with E-state index in [1.165, 1.54) is 16.6 Å². The average Bonchev–Trinajstić information content (AvgIpc) is 2.93. The molecule has 0 saturated carbocycles. The fourth-order valence-electron chi connectivity index (χ4n) is 2.08. The maximum Gasteiger partial charge on any atom is 0.259 e. The minimum atomic E-state index is -3.55. The van der Waals surface area contributed by atoms with Gasteiger partial charge in [-0.3, -0.25) is 5.10 Å². The van der Waals surface area contributed by atoms with Crippen LogP contribution in [-0.4, -0.2) is 56.2 Å². The Labute approximate surface area is 118 Å². The zero-order valence-corrected chi connectivity index (χ0v) is 12.7. The monoisotopic (exact) mass is 322 g/mol. The molecule has 114 valence electrons. The minimum Gasteiger partial charge on any atom is -0.266 e. The molecule has 0 aliphatic carbocycles. The summed E-state index contributed by atoms with van der Waals surface area (Å²) in [6.07, 6.45) is 2.31. The third kappa shape index (κ3) is 3.37. The molecule has 1 saturated heterocycles. The van der Waals surface area contributed by atoms with E-state index in [4.69, 9.17) is 0 Å². The topological polar surface area (TPSA) is 112 Å². The van der Waals surface area contributed by atoms with Gasteiger partial charge in [-0.25, -0.2) is 21.6 Å². The van der Waals surface area contributed by atoms with Gasteiger partial charge in [0.1, 0.15) is 0 Å². The lowest BCUT2D eigenvalue weighted by Gasteiger charge is -2.30. The van der Waals surface area contributed by atoms with Crippen LogP contribution in [0.15, 0.2) is 17.3 Å². The number of piperidine rings is 1. The molecule has 1 fully saturated rings. The van der Waals surface area contributed by atoms with Crippen LogP contribution in [0.25, 0.3) is 0 Å². The molecule has 1 aliphatic rings. The number of sulfonamides is 2. The lowest BCUT2D eigenvalue weighted by atomic mass is 10.1. The molecule has 1 aromatic rings. The van der Waals surface area contributed by atoms with Crippen LogP contribution in [-0.2, 0) is 20.0 Å². The van der Waals surface area contributed by atoms with Gasteiger partial charge in [-0.1, -0.05) is 0 Å². The van der Waals surface area contributed by atoms with E-state index in [1.807, 2.05) is 0 Å². The Kier molecular flexibility index (Phi) is 4.47. The average molecular weight is 322 g/mol. The second kappa shape index (κ2) is 5.80. The summed E-state index contributed by atoms with van der Waals surface area (Å²) in [6.45, 7) is 2.15. The predicted octanol–water partition coefficient (Wildman–Crippen LogP) is -0.498. The van der Waals surface area contributed by atoms with Crippen molar-refractivity contribution in [1.29, 1.82) is 0 Å². The van der Waals surface area contributed by atoms with Gasteiger partial charge in [-0.05, 0) is 25.8 Å². The Morgan fingerprint density at radius 3 is 2.50 bits per heavy atom. The summed E-state index contributed by atoms with van der Waals surface area (Å²) in [5.41, 5.74) is 0. The normalized spacial score (nSPS) is 19.2. The highest BCUT2D eigenvalue weighted by molar-refractivity contribution is 7.89. The van der Waals surface area contributed by atoms with E-state index in [1.54, 1.807) is 6.92 Å². The minimum absolute atomic E-state index is 0.0274. The molecule has 0 radical (unpaired) electrons. The maximum atomic E-state index is 12.2. The molecule has 2 rings (SSSR count). The summed E-state index contributed by atoms with van der Waals surface area (Å²) in [6, 6.07) is 1.20. The van der Waals surface area contributed by atoms with Crippen molar-refractivity contribution < 1.29 is 16.8 Å². The van der Waals surface area contributed by atoms with Crippen LogP contribution in [0.3, 0.4) is 0 Å². The first kappa shape index (κ1) is 15.4. The zero-order valence-electron chi connectivity index (χ0n) is 11.1. The van der Waals surface area contributed by atoms with Gasteiger partial charge in [0.2, 0.25) is 10.0 Å². The van der Waals surface area contributed by atoms with E-state index >= 15 is 0 Å². The van der Waals surface area contributed by atoms with Crippen molar-refractivity contribution in [2.75, 3.05) is 18.8 Å². The summed E-state index contributed by atoms with van der Waals surface area (Å²) in [4.78, 5) is 0. The second-order valence-corrected chi connectivity index (χ2v) is 8.57. The van der Waals surface area contributed by atoms with Crippen LogP contribution in [0.4, 0.5) is 0 Å². The first-order chi connectivity index (χ1) is 9.35. The summed E-state index contributed by atoms with van der Waals surface area (Å²) >= 11 is 0. The Morgan fingerprint density at radius 2 is 2.00 bits per heavy atom. The van der Waals surface area contributed by atoms with Crippen molar-refractivity contribution in [3.63, 3.8) is 0 Å². The molecule has 10 heteroatoms. The van der Waals surface area contributed by atoms with Gasteiger partial charge in [-0.15, -0.1) is 0 Å². The molecule has 0 spiro atoms. The predicted molar refractivity (Wildman–Crippen MR) is 73.0 cm³/mol. The molecule has 1 aromatic heterocycles. The Hall–Kier alpha value is -0.970. The van der Waals surface area contributed by atoms with Gasteiger partial charge in [0.15, 0.2) is 5.03 Å². The van der Waals surface area contributed by atoms with Crippen LogP contribution in [0.2, 0.25) is 0 Å². The van der Waals surface area contributed by atoms with E-state index in [9.17, 15) is 16.8 Å². The summed E-state index contributed by atoms with van der Waals surface area (Å²) in [5.74, 6) is 0.0274. The van der Waals surface area contributed by atoms with Gasteiger partial charge >= 0.3 is 0 Å². The summed E-state index contributed by atoms with van der Waals surface area (Å²) < 4.78 is 51.3. The van der Waals surface area contributed by atoms with Gasteiger partial charge < -0.3 is 0 Å². The number of aromatic amines is 1. The fourth-order valence-corrected chi connectivity index (χ4v) is 4.36. The van der Waals surface area contributed by atoms with Crippen molar-refractivity contribution in [3.8, 4) is 0 Å². The number of H-pyrrole nitrogens is 1. The smallest absolute Gasteiger partial charge is 0.259 e. The molecule has 0 amide bonds. The third-order valence-electron chi connectivity index (χ3n) is 3.27. The van der Waals surface area contributed by atoms with Crippen molar-refractivity contribution >= 4 is 20.0 Å². The lowest BCUT2D eigenvalue weighted by molar-refractivity contribution is 0.308. The van der Waals surface area contributed by atoms with Crippen LogP contribution in [0, 0.1) is 0 Å². The zero-order chi connectivity index (χ0) is 14.8. The Morgan fingerprint density at radius 1 is 1.35 bits per heavy atom. The first-order valence-corrected chi connectivity index (χ1v) is 9.44. The first-order valence-electron chi connectivity index (χ1n) is 6.34. The largest absolute Gasteiger partial charge is 0.266 e. The quantitative estimate of drug-likeness (QED) is 0.759. The van der Waals surface area contributed by atoms with Crippen molar-refractivity contribution in [3.05, 3.63) is 12.3 Å². The number of rotatable bonds is 5. The molecule has 0 unspecified atom stereocenters. The molecule has 1 aliphatic heterocycles. The van der Waals surface area contributed by atoms with Gasteiger partial charge in [0.25, 0.3) is 10.0 Å². The van der Waals surface area contributed by atoms with Crippen molar-refractivity contribution in [1.82, 2.24) is 19.2 Å². The number of hydrogen-bond donors (Lipinski definition) is 2. The standard InChI is InChI=1S/C10H18N4O4S2/c1-2-19(15,16)13-9-4-7-14(8-5-9)20(17,18)10-3-6-11-12-10/h3,6,9,13H,2,4-5,7-8H2,1H3,(H,11,12). The fraction of sp³-hybridized carbons (Fsp3) is 0.700. The third-order valence-corrected chi connectivity index (χ3v) is 6.55. The van der Waals surface area contributed by atoms with E-state index in [0.29, 0.717) is 12.8 Å². The molecule has 2 heterocycles. The van der Waals surface area contributed by atoms with E-state index in [0.717, 1.165) is 0 Å². The molecule has 2 N–H and O–H groups in total. The van der Waals surface area contributed by atoms with Crippen molar-refractivity contribution in [2.24, 2.45) is 0 Å². The molecular weight excluding hydrogens is 304 g/mol. The van der Waals surface area contributed by atoms with E-state index in [2.05, 4.69) is 14.9 Å². The van der Waals surface area contributed by atoms with Crippen LogP contribution in [0.1, 0.15) is 19.8 Å². The number of aromatic nitrogens is 2. The molecule has 0 bridgehead atoms. The van der Waals surface area contributed by atoms with Crippen molar-refractivity contribution in [2.45, 2.75) is 30.8 Å². The highest BCUT2D eigenvalue weighted by atomic mass is 32.2. The molecule has 0 atom stereocenters. The molecule has 0 aromatic carbocycles. The molecular formula is C10H18N4O4S2. The molecule has 20 heavy (non-hydrogen) atoms. The maximum absolute atomic E-state index is 12.2. The van der Waals surface area contributed by atoms with Crippen LogP contribution < -0.4 is 4.72 Å². The van der Waals surface area contributed by atoms with Gasteiger partial charge in [0.05, 0.1) is 11.9 Å². The van der Waals surface area contributed by atoms with Gasteiger partial charge in [-0.2, -0.15) is 9.40 Å². The van der Waals surface area contributed by atoms with Crippen LogP contribution >= 0.6 is 0 Å². The number of nitrogens with zero attached hydrogens (tertiary/aromatic N) is 2. The Bertz CT molecular complexity index is 631. The lowest BCUT2D eigenvalue weighted by Crippen LogP contribution is -2.46. The SMILES string of the molecule is CCS(=O)(=O)NC1CCN(S(=O)(=O)c2ccn[nH]2)CC1. The highest BCUT2D eigenvalue weighted by Crippen LogP contribution is 2.19. The molecule has 8 nitrogen and oxygen atoms in total. The number of hydrogen-bond acceptors (Lipinski definition) is 5. The highest BCUT2D eigenvalue weighted by Gasteiger charge is 2.31. The van der Waals surface area contributed by atoms with E-state index < -0.39 is 20.0 Å². The second-order valence-electron chi connectivity index (χ2n) is 4.62. The van der Waals surface area contributed by atoms with Gasteiger partial charge in [0, 0.05) is 19.1 Å². The van der Waals surface area contributed by atoms with E-state index in [-0.39, 0.29) is 29.9 Å². The summed E-state index contributed by atoms with van der Waals surface area (Å²) in [7, 11) is -6.80. The Balaban J connectivity index is 1.98. The number of nitrogens with one attached hydrogen (secondary N) is 2.